The Bertz CT molecular complexity index is 683. The number of para-hydroxylation sites is 1. The fourth-order valence-corrected chi connectivity index (χ4v) is 1.78. The molecule has 0 aliphatic heterocycles. The molecule has 0 heterocycles. The van der Waals surface area contributed by atoms with E-state index in [4.69, 9.17) is 0 Å². The molecule has 0 radical (unpaired) electrons. The smallest absolute Gasteiger partial charge is 0.344 e. The molecule has 2 aromatic carbocycles. The van der Waals surface area contributed by atoms with Gasteiger partial charge in [-0.05, 0) is 29.8 Å². The first kappa shape index (κ1) is 16.5. The van der Waals surface area contributed by atoms with Crippen molar-refractivity contribution in [3.05, 3.63) is 65.7 Å². The Kier molecular flexibility index (Phi) is 5.00. The van der Waals surface area contributed by atoms with Crippen LogP contribution in [-0.4, -0.2) is 18.0 Å². The van der Waals surface area contributed by atoms with E-state index in [0.717, 1.165) is 0 Å². The lowest BCUT2D eigenvalue weighted by Crippen LogP contribution is -2.36. The van der Waals surface area contributed by atoms with Crippen LogP contribution in [0.1, 0.15) is 15.9 Å². The van der Waals surface area contributed by atoms with E-state index in [9.17, 15) is 22.8 Å². The molecular weight excluding hydrogens is 309 g/mol. The molecule has 0 atom stereocenters. The average molecular weight is 322 g/mol. The van der Waals surface area contributed by atoms with Gasteiger partial charge < -0.3 is 10.6 Å². The third kappa shape index (κ3) is 4.84. The van der Waals surface area contributed by atoms with Crippen LogP contribution < -0.4 is 10.6 Å². The lowest BCUT2D eigenvalue weighted by atomic mass is 10.1. The summed E-state index contributed by atoms with van der Waals surface area (Å²) in [7, 11) is 0. The second-order valence-corrected chi connectivity index (χ2v) is 4.70. The topological polar surface area (TPSA) is 58.2 Å². The Hall–Kier alpha value is -2.83. The Morgan fingerprint density at radius 1 is 0.913 bits per heavy atom. The molecule has 2 rings (SSSR count). The van der Waals surface area contributed by atoms with Crippen molar-refractivity contribution in [3.8, 4) is 0 Å². The summed E-state index contributed by atoms with van der Waals surface area (Å²) in [5.41, 5.74) is 1.46. The zero-order valence-electron chi connectivity index (χ0n) is 11.9. The van der Waals surface area contributed by atoms with Gasteiger partial charge in [-0.15, -0.1) is 0 Å². The highest BCUT2D eigenvalue weighted by molar-refractivity contribution is 6.04. The van der Waals surface area contributed by atoms with Crippen LogP contribution in [0.2, 0.25) is 0 Å². The maximum atomic E-state index is 12.1. The molecule has 0 fully saturated rings. The number of amides is 2. The van der Waals surface area contributed by atoms with Crippen molar-refractivity contribution in [3.63, 3.8) is 0 Å². The van der Waals surface area contributed by atoms with Crippen molar-refractivity contribution in [2.24, 2.45) is 0 Å². The van der Waals surface area contributed by atoms with Crippen molar-refractivity contribution in [1.82, 2.24) is 5.32 Å². The lowest BCUT2D eigenvalue weighted by molar-refractivity contribution is -0.173. The first-order valence-corrected chi connectivity index (χ1v) is 6.66. The van der Waals surface area contributed by atoms with E-state index in [1.165, 1.54) is 24.3 Å². The molecule has 2 aromatic rings. The van der Waals surface area contributed by atoms with Gasteiger partial charge in [-0.1, -0.05) is 30.3 Å². The van der Waals surface area contributed by atoms with Crippen LogP contribution >= 0.6 is 0 Å². The number of nitrogens with one attached hydrogen (secondary N) is 2. The molecule has 0 aliphatic carbocycles. The molecule has 0 bridgehead atoms. The average Bonchev–Trinajstić information content (AvgIpc) is 2.53. The number of carbonyl (C=O) groups is 2. The van der Waals surface area contributed by atoms with Crippen molar-refractivity contribution in [2.45, 2.75) is 12.7 Å². The van der Waals surface area contributed by atoms with Gasteiger partial charge in [0.2, 0.25) is 0 Å². The zero-order valence-corrected chi connectivity index (χ0v) is 11.9. The number of carbonyl (C=O) groups excluding carboxylic acids is 2. The fourth-order valence-electron chi connectivity index (χ4n) is 1.78. The quantitative estimate of drug-likeness (QED) is 0.909. The third-order valence-electron chi connectivity index (χ3n) is 2.96. The van der Waals surface area contributed by atoms with Gasteiger partial charge in [0.1, 0.15) is 0 Å². The minimum atomic E-state index is -4.91. The minimum Gasteiger partial charge on any atom is -0.344 e. The summed E-state index contributed by atoms with van der Waals surface area (Å²) in [4.78, 5) is 22.7. The Labute approximate surface area is 130 Å². The highest BCUT2D eigenvalue weighted by Crippen LogP contribution is 2.15. The lowest BCUT2D eigenvalue weighted by Gasteiger charge is -2.09. The molecule has 0 unspecified atom stereocenters. The van der Waals surface area contributed by atoms with E-state index >= 15 is 0 Å². The number of benzene rings is 2. The molecule has 0 aliphatic rings. The summed E-state index contributed by atoms with van der Waals surface area (Å²) >= 11 is 0. The van der Waals surface area contributed by atoms with E-state index in [1.54, 1.807) is 29.6 Å². The van der Waals surface area contributed by atoms with Crippen LogP contribution in [0.4, 0.5) is 18.9 Å². The molecular formula is C16H13F3N2O2. The zero-order chi connectivity index (χ0) is 16.9. The van der Waals surface area contributed by atoms with E-state index in [0.29, 0.717) is 16.8 Å². The van der Waals surface area contributed by atoms with Gasteiger partial charge in [0.05, 0.1) is 0 Å². The van der Waals surface area contributed by atoms with Crippen LogP contribution in [0, 0.1) is 0 Å². The highest BCUT2D eigenvalue weighted by atomic mass is 19.4. The Morgan fingerprint density at radius 2 is 1.52 bits per heavy atom. The second-order valence-electron chi connectivity index (χ2n) is 4.70. The minimum absolute atomic E-state index is 0.265. The molecule has 0 saturated carbocycles. The van der Waals surface area contributed by atoms with Crippen molar-refractivity contribution in [1.29, 1.82) is 0 Å². The number of rotatable bonds is 4. The highest BCUT2D eigenvalue weighted by Gasteiger charge is 2.38. The van der Waals surface area contributed by atoms with Gasteiger partial charge in [0.25, 0.3) is 5.91 Å². The molecule has 2 amide bonds. The van der Waals surface area contributed by atoms with E-state index in [1.807, 2.05) is 6.07 Å². The van der Waals surface area contributed by atoms with Crippen LogP contribution in [0.5, 0.6) is 0 Å². The van der Waals surface area contributed by atoms with E-state index in [2.05, 4.69) is 5.32 Å². The third-order valence-corrected chi connectivity index (χ3v) is 2.96. The van der Waals surface area contributed by atoms with Crippen LogP contribution in [0.3, 0.4) is 0 Å². The molecule has 0 spiro atoms. The van der Waals surface area contributed by atoms with E-state index in [-0.39, 0.29) is 12.5 Å². The SMILES string of the molecule is O=C(Nc1ccccc1)c1ccc(CNC(=O)C(F)(F)F)cc1. The number of hydrogen-bond acceptors (Lipinski definition) is 2. The fraction of sp³-hybridized carbons (Fsp3) is 0.125. The van der Waals surface area contributed by atoms with Crippen LogP contribution in [0.25, 0.3) is 0 Å². The molecule has 0 saturated heterocycles. The summed E-state index contributed by atoms with van der Waals surface area (Å²) < 4.78 is 36.2. The van der Waals surface area contributed by atoms with Crippen LogP contribution in [-0.2, 0) is 11.3 Å². The van der Waals surface area contributed by atoms with Crippen LogP contribution in [0.15, 0.2) is 54.6 Å². The Balaban J connectivity index is 1.94. The number of anilines is 1. The summed E-state index contributed by atoms with van der Waals surface area (Å²) in [6, 6.07) is 14.8. The maximum absolute atomic E-state index is 12.1. The number of halogens is 3. The van der Waals surface area contributed by atoms with Gasteiger partial charge in [-0.3, -0.25) is 9.59 Å². The number of hydrogen-bond donors (Lipinski definition) is 2. The van der Waals surface area contributed by atoms with Gasteiger partial charge >= 0.3 is 12.1 Å². The maximum Gasteiger partial charge on any atom is 0.471 e. The molecule has 2 N–H and O–H groups in total. The van der Waals surface area contributed by atoms with Gasteiger partial charge in [0.15, 0.2) is 0 Å². The van der Waals surface area contributed by atoms with E-state index < -0.39 is 12.1 Å². The molecule has 120 valence electrons. The summed E-state index contributed by atoms with van der Waals surface area (Å²) in [5.74, 6) is -2.33. The molecule has 0 aromatic heterocycles. The summed E-state index contributed by atoms with van der Waals surface area (Å²) in [5, 5.41) is 4.45. The predicted octanol–water partition coefficient (Wildman–Crippen LogP) is 3.12. The van der Waals surface area contributed by atoms with Crippen molar-refractivity contribution in [2.75, 3.05) is 5.32 Å². The van der Waals surface area contributed by atoms with Gasteiger partial charge in [0, 0.05) is 17.8 Å². The normalized spacial score (nSPS) is 10.9. The van der Waals surface area contributed by atoms with Gasteiger partial charge in [-0.2, -0.15) is 13.2 Å². The Morgan fingerprint density at radius 3 is 2.09 bits per heavy atom. The molecule has 23 heavy (non-hydrogen) atoms. The first-order valence-electron chi connectivity index (χ1n) is 6.66. The first-order chi connectivity index (χ1) is 10.9. The summed E-state index contributed by atoms with van der Waals surface area (Å²) in [6.45, 7) is -0.265. The predicted molar refractivity (Wildman–Crippen MR) is 78.7 cm³/mol. The van der Waals surface area contributed by atoms with Gasteiger partial charge in [-0.25, -0.2) is 0 Å². The van der Waals surface area contributed by atoms with Crippen molar-refractivity contribution >= 4 is 17.5 Å². The molecule has 4 nitrogen and oxygen atoms in total. The van der Waals surface area contributed by atoms with Crippen molar-refractivity contribution < 1.29 is 22.8 Å². The molecule has 7 heteroatoms. The second kappa shape index (κ2) is 6.95. The standard InChI is InChI=1S/C16H13F3N2O2/c17-16(18,19)15(23)20-10-11-6-8-12(9-7-11)14(22)21-13-4-2-1-3-5-13/h1-9H,10H2,(H,20,23)(H,21,22). The summed E-state index contributed by atoms with van der Waals surface area (Å²) in [6.07, 6.45) is -4.91. The number of alkyl halides is 3. The monoisotopic (exact) mass is 322 g/mol. The largest absolute Gasteiger partial charge is 0.471 e.